The van der Waals surface area contributed by atoms with Crippen molar-refractivity contribution in [3.8, 4) is 0 Å². The van der Waals surface area contributed by atoms with Crippen molar-refractivity contribution in [2.75, 3.05) is 5.32 Å². The lowest BCUT2D eigenvalue weighted by Gasteiger charge is -2.08. The lowest BCUT2D eigenvalue weighted by Crippen LogP contribution is -2.09. The van der Waals surface area contributed by atoms with Crippen molar-refractivity contribution in [3.05, 3.63) is 68.3 Å². The SMILES string of the molecule is CCc1cc(I)ccc1NC(=O)C=Cc1ccc(Cl)cc1. The Kier molecular flexibility index (Phi) is 5.82. The number of carbonyl (C=O) groups is 1. The molecule has 0 atom stereocenters. The smallest absolute Gasteiger partial charge is 0.248 e. The van der Waals surface area contributed by atoms with Crippen molar-refractivity contribution < 1.29 is 4.79 Å². The molecule has 2 rings (SSSR count). The lowest BCUT2D eigenvalue weighted by molar-refractivity contribution is -0.111. The molecule has 0 aromatic heterocycles. The molecule has 0 radical (unpaired) electrons. The number of nitrogens with one attached hydrogen (secondary N) is 1. The van der Waals surface area contributed by atoms with E-state index in [1.165, 1.54) is 9.65 Å². The van der Waals surface area contributed by atoms with Gasteiger partial charge in [0, 0.05) is 20.4 Å². The zero-order valence-corrected chi connectivity index (χ0v) is 14.5. The molecule has 1 amide bonds. The molecule has 0 spiro atoms. The number of benzene rings is 2. The Morgan fingerprint density at radius 1 is 1.24 bits per heavy atom. The highest BCUT2D eigenvalue weighted by Gasteiger charge is 2.04. The molecule has 0 aliphatic heterocycles. The molecule has 2 nitrogen and oxygen atoms in total. The Bertz CT molecular complexity index is 665. The fraction of sp³-hybridized carbons (Fsp3) is 0.118. The molecule has 0 aliphatic rings. The van der Waals surface area contributed by atoms with Gasteiger partial charge in [0.05, 0.1) is 0 Å². The fourth-order valence-electron chi connectivity index (χ4n) is 1.90. The largest absolute Gasteiger partial charge is 0.322 e. The molecular formula is C17H15ClINO. The maximum Gasteiger partial charge on any atom is 0.248 e. The van der Waals surface area contributed by atoms with Gasteiger partial charge in [0.1, 0.15) is 0 Å². The molecule has 2 aromatic carbocycles. The van der Waals surface area contributed by atoms with Crippen LogP contribution in [0, 0.1) is 3.57 Å². The number of halogens is 2. The van der Waals surface area contributed by atoms with Crippen molar-refractivity contribution in [1.82, 2.24) is 0 Å². The maximum absolute atomic E-state index is 12.0. The Hall–Kier alpha value is -1.33. The predicted octanol–water partition coefficient (Wildman–Crippen LogP) is 5.16. The summed E-state index contributed by atoms with van der Waals surface area (Å²) in [6, 6.07) is 13.3. The van der Waals surface area contributed by atoms with Gasteiger partial charge in [-0.2, -0.15) is 0 Å². The molecular weight excluding hydrogens is 397 g/mol. The fourth-order valence-corrected chi connectivity index (χ4v) is 2.58. The van der Waals surface area contributed by atoms with Gasteiger partial charge in [-0.05, 0) is 76.5 Å². The van der Waals surface area contributed by atoms with Gasteiger partial charge in [-0.15, -0.1) is 0 Å². The van der Waals surface area contributed by atoms with Crippen LogP contribution in [0.2, 0.25) is 5.02 Å². The zero-order chi connectivity index (χ0) is 15.2. The summed E-state index contributed by atoms with van der Waals surface area (Å²) < 4.78 is 1.17. The summed E-state index contributed by atoms with van der Waals surface area (Å²) in [6.45, 7) is 2.07. The Morgan fingerprint density at radius 3 is 2.62 bits per heavy atom. The predicted molar refractivity (Wildman–Crippen MR) is 97.7 cm³/mol. The van der Waals surface area contributed by atoms with Crippen molar-refractivity contribution in [3.63, 3.8) is 0 Å². The first-order valence-corrected chi connectivity index (χ1v) is 8.07. The molecule has 1 N–H and O–H groups in total. The van der Waals surface area contributed by atoms with E-state index in [9.17, 15) is 4.79 Å². The lowest BCUT2D eigenvalue weighted by atomic mass is 10.1. The minimum absolute atomic E-state index is 0.138. The van der Waals surface area contributed by atoms with E-state index in [0.717, 1.165) is 23.2 Å². The molecule has 0 fully saturated rings. The van der Waals surface area contributed by atoms with Crippen molar-refractivity contribution in [2.24, 2.45) is 0 Å². The Balaban J connectivity index is 2.06. The quantitative estimate of drug-likeness (QED) is 0.546. The van der Waals surface area contributed by atoms with Crippen LogP contribution in [0.4, 0.5) is 5.69 Å². The van der Waals surface area contributed by atoms with Gasteiger partial charge in [-0.25, -0.2) is 0 Å². The van der Waals surface area contributed by atoms with Gasteiger partial charge < -0.3 is 5.32 Å². The minimum atomic E-state index is -0.138. The molecule has 0 unspecified atom stereocenters. The van der Waals surface area contributed by atoms with Gasteiger partial charge in [0.15, 0.2) is 0 Å². The Morgan fingerprint density at radius 2 is 1.95 bits per heavy atom. The second kappa shape index (κ2) is 7.61. The van der Waals surface area contributed by atoms with E-state index in [4.69, 9.17) is 11.6 Å². The number of aryl methyl sites for hydroxylation is 1. The average molecular weight is 412 g/mol. The molecule has 0 heterocycles. The molecule has 0 saturated carbocycles. The van der Waals surface area contributed by atoms with Crippen molar-refractivity contribution in [1.29, 1.82) is 0 Å². The van der Waals surface area contributed by atoms with Crippen LogP contribution >= 0.6 is 34.2 Å². The van der Waals surface area contributed by atoms with Crippen LogP contribution in [0.1, 0.15) is 18.1 Å². The molecule has 0 bridgehead atoms. The van der Waals surface area contributed by atoms with E-state index in [1.807, 2.05) is 24.3 Å². The van der Waals surface area contributed by atoms with Gasteiger partial charge in [0.2, 0.25) is 5.91 Å². The van der Waals surface area contributed by atoms with E-state index in [-0.39, 0.29) is 5.91 Å². The number of anilines is 1. The van der Waals surface area contributed by atoms with Gasteiger partial charge in [-0.1, -0.05) is 30.7 Å². The molecule has 4 heteroatoms. The molecule has 0 saturated heterocycles. The number of hydrogen-bond acceptors (Lipinski definition) is 1. The molecule has 21 heavy (non-hydrogen) atoms. The van der Waals surface area contributed by atoms with Crippen LogP contribution in [-0.2, 0) is 11.2 Å². The van der Waals surface area contributed by atoms with Crippen LogP contribution in [0.5, 0.6) is 0 Å². The summed E-state index contributed by atoms with van der Waals surface area (Å²) in [7, 11) is 0. The highest BCUT2D eigenvalue weighted by Crippen LogP contribution is 2.19. The first-order valence-electron chi connectivity index (χ1n) is 6.61. The third-order valence-electron chi connectivity index (χ3n) is 3.00. The van der Waals surface area contributed by atoms with Gasteiger partial charge in [-0.3, -0.25) is 4.79 Å². The summed E-state index contributed by atoms with van der Waals surface area (Å²) in [5.74, 6) is -0.138. The number of amides is 1. The monoisotopic (exact) mass is 411 g/mol. The minimum Gasteiger partial charge on any atom is -0.322 e. The van der Waals surface area contributed by atoms with Crippen LogP contribution in [0.3, 0.4) is 0 Å². The highest BCUT2D eigenvalue weighted by atomic mass is 127. The highest BCUT2D eigenvalue weighted by molar-refractivity contribution is 14.1. The van der Waals surface area contributed by atoms with E-state index in [2.05, 4.69) is 40.9 Å². The first kappa shape index (κ1) is 16.0. The van der Waals surface area contributed by atoms with Gasteiger partial charge in [0.25, 0.3) is 0 Å². The average Bonchev–Trinajstić information content (AvgIpc) is 2.48. The zero-order valence-electron chi connectivity index (χ0n) is 11.6. The summed E-state index contributed by atoms with van der Waals surface area (Å²) in [4.78, 5) is 12.0. The molecule has 108 valence electrons. The van der Waals surface area contributed by atoms with Gasteiger partial charge >= 0.3 is 0 Å². The summed E-state index contributed by atoms with van der Waals surface area (Å²) in [6.07, 6.45) is 4.18. The first-order chi connectivity index (χ1) is 10.1. The standard InChI is InChI=1S/C17H15ClINO/c1-2-13-11-15(19)8-9-16(13)20-17(21)10-5-12-3-6-14(18)7-4-12/h3-11H,2H2,1H3,(H,20,21). The van der Waals surface area contributed by atoms with Crippen LogP contribution in [0.15, 0.2) is 48.5 Å². The number of carbonyl (C=O) groups excluding carboxylic acids is 1. The normalized spacial score (nSPS) is 10.8. The van der Waals surface area contributed by atoms with Crippen LogP contribution < -0.4 is 5.32 Å². The van der Waals surface area contributed by atoms with Crippen molar-refractivity contribution in [2.45, 2.75) is 13.3 Å². The van der Waals surface area contributed by atoms with E-state index in [1.54, 1.807) is 18.2 Å². The third-order valence-corrected chi connectivity index (χ3v) is 3.93. The topological polar surface area (TPSA) is 29.1 Å². The van der Waals surface area contributed by atoms with Crippen LogP contribution in [-0.4, -0.2) is 5.91 Å². The second-order valence-corrected chi connectivity index (χ2v) is 6.21. The van der Waals surface area contributed by atoms with E-state index in [0.29, 0.717) is 5.02 Å². The number of rotatable bonds is 4. The molecule has 0 aliphatic carbocycles. The maximum atomic E-state index is 12.0. The van der Waals surface area contributed by atoms with E-state index < -0.39 is 0 Å². The van der Waals surface area contributed by atoms with Crippen molar-refractivity contribution >= 4 is 51.9 Å². The summed E-state index contributed by atoms with van der Waals surface area (Å²) in [5, 5.41) is 3.60. The third kappa shape index (κ3) is 4.86. The summed E-state index contributed by atoms with van der Waals surface area (Å²) >= 11 is 8.09. The Labute approximate surface area is 143 Å². The van der Waals surface area contributed by atoms with E-state index >= 15 is 0 Å². The summed E-state index contributed by atoms with van der Waals surface area (Å²) in [5.41, 5.74) is 2.94. The number of hydrogen-bond donors (Lipinski definition) is 1. The molecule has 2 aromatic rings. The second-order valence-electron chi connectivity index (χ2n) is 4.53. The van der Waals surface area contributed by atoms with Crippen LogP contribution in [0.25, 0.3) is 6.08 Å².